The van der Waals surface area contributed by atoms with Crippen molar-refractivity contribution >= 4 is 34.5 Å². The summed E-state index contributed by atoms with van der Waals surface area (Å²) in [7, 11) is 1.34. The summed E-state index contributed by atoms with van der Waals surface area (Å²) < 4.78 is 41.1. The third kappa shape index (κ3) is 5.52. The Morgan fingerprint density at radius 3 is 2.35 bits per heavy atom. The first-order valence-corrected chi connectivity index (χ1v) is 11.5. The third-order valence-corrected chi connectivity index (χ3v) is 5.72. The number of imidazole rings is 1. The number of amides is 1. The molecule has 0 radical (unpaired) electrons. The number of hydrogen-bond acceptors (Lipinski definition) is 10. The molecule has 4 aromatic rings. The molecule has 1 N–H and O–H groups in total. The molecule has 0 saturated heterocycles. The number of aromatic nitrogens is 8. The standard InChI is InChI=1S/C23H20F3N9O5/c1-11(36)4-14(37)9-34-20(39)17-18(33(3)22(34)40)30-10-35(17)12(2)19(38)32-16-8-27-7-15(31-16)13-5-28-21(29-6-13)23(24,25)26/h5-8,10,12H,4,9H2,1-3H3,(H,31,32,38)/t12-/m0/s1. The molecule has 4 rings (SSSR count). The molecule has 0 unspecified atom stereocenters. The Morgan fingerprint density at radius 2 is 1.73 bits per heavy atom. The number of ketones is 2. The summed E-state index contributed by atoms with van der Waals surface area (Å²) in [6, 6.07) is -1.09. The zero-order valence-electron chi connectivity index (χ0n) is 21.1. The number of fused-ring (bicyclic) bond motifs is 1. The highest BCUT2D eigenvalue weighted by Gasteiger charge is 2.34. The first-order valence-electron chi connectivity index (χ1n) is 11.5. The summed E-state index contributed by atoms with van der Waals surface area (Å²) in [5.74, 6) is -3.13. The highest BCUT2D eigenvalue weighted by atomic mass is 19.4. The van der Waals surface area contributed by atoms with E-state index in [4.69, 9.17) is 0 Å². The van der Waals surface area contributed by atoms with E-state index in [1.165, 1.54) is 44.2 Å². The summed E-state index contributed by atoms with van der Waals surface area (Å²) in [4.78, 5) is 81.0. The second-order valence-electron chi connectivity index (χ2n) is 8.72. The topological polar surface area (TPSA) is 177 Å². The Hall–Kier alpha value is -5.09. The van der Waals surface area contributed by atoms with Crippen molar-refractivity contribution in [2.24, 2.45) is 7.05 Å². The molecule has 0 aromatic carbocycles. The molecular formula is C23H20F3N9O5. The molecule has 0 fully saturated rings. The highest BCUT2D eigenvalue weighted by molar-refractivity contribution is 5.98. The maximum atomic E-state index is 13.2. The first-order chi connectivity index (χ1) is 18.8. The number of rotatable bonds is 8. The number of nitrogens with zero attached hydrogens (tertiary/aromatic N) is 8. The van der Waals surface area contributed by atoms with Gasteiger partial charge in [-0.3, -0.25) is 33.3 Å². The molecule has 4 heterocycles. The molecule has 14 nitrogen and oxygen atoms in total. The Morgan fingerprint density at radius 1 is 1.05 bits per heavy atom. The van der Waals surface area contributed by atoms with Gasteiger partial charge in [0.05, 0.1) is 37.4 Å². The Kier molecular flexibility index (Phi) is 7.39. The minimum Gasteiger partial charge on any atom is -0.312 e. The zero-order chi connectivity index (χ0) is 29.4. The van der Waals surface area contributed by atoms with Crippen molar-refractivity contribution in [3.05, 3.63) is 57.8 Å². The van der Waals surface area contributed by atoms with Gasteiger partial charge in [0.25, 0.3) is 5.56 Å². The average Bonchev–Trinajstić information content (AvgIpc) is 3.34. The Bertz CT molecular complexity index is 1760. The van der Waals surface area contributed by atoms with E-state index in [9.17, 15) is 37.1 Å². The van der Waals surface area contributed by atoms with Crippen LogP contribution in [0.5, 0.6) is 0 Å². The minimum atomic E-state index is -4.72. The zero-order valence-corrected chi connectivity index (χ0v) is 21.1. The lowest BCUT2D eigenvalue weighted by Gasteiger charge is -2.15. The van der Waals surface area contributed by atoms with Crippen LogP contribution in [-0.4, -0.2) is 56.1 Å². The SMILES string of the molecule is CC(=O)CC(=O)Cn1c(=O)c2c(ncn2[C@@H](C)C(=O)Nc2cncc(-c3cnc(C(F)(F)F)nc3)n2)n(C)c1=O. The van der Waals surface area contributed by atoms with Crippen molar-refractivity contribution in [2.75, 3.05) is 5.32 Å². The lowest BCUT2D eigenvalue weighted by atomic mass is 10.2. The number of nitrogens with one attached hydrogen (secondary N) is 1. The van der Waals surface area contributed by atoms with Gasteiger partial charge in [-0.15, -0.1) is 0 Å². The predicted molar refractivity (Wildman–Crippen MR) is 131 cm³/mol. The molecule has 17 heteroatoms. The molecule has 4 aromatic heterocycles. The molecular weight excluding hydrogens is 539 g/mol. The van der Waals surface area contributed by atoms with E-state index in [-0.39, 0.29) is 28.2 Å². The van der Waals surface area contributed by atoms with Crippen LogP contribution in [0, 0.1) is 0 Å². The summed E-state index contributed by atoms with van der Waals surface area (Å²) in [5, 5.41) is 2.50. The van der Waals surface area contributed by atoms with E-state index in [2.05, 4.69) is 30.2 Å². The number of halogens is 3. The van der Waals surface area contributed by atoms with Gasteiger partial charge >= 0.3 is 11.9 Å². The van der Waals surface area contributed by atoms with E-state index in [0.29, 0.717) is 4.57 Å². The average molecular weight is 559 g/mol. The van der Waals surface area contributed by atoms with Crippen LogP contribution in [0.25, 0.3) is 22.4 Å². The lowest BCUT2D eigenvalue weighted by molar-refractivity contribution is -0.145. The fourth-order valence-electron chi connectivity index (χ4n) is 3.76. The van der Waals surface area contributed by atoms with Gasteiger partial charge in [-0.25, -0.2) is 24.7 Å². The van der Waals surface area contributed by atoms with Crippen LogP contribution < -0.4 is 16.6 Å². The summed E-state index contributed by atoms with van der Waals surface area (Å²) in [6.45, 7) is 2.00. The number of hydrogen-bond donors (Lipinski definition) is 1. The number of carbonyl (C=O) groups is 3. The molecule has 40 heavy (non-hydrogen) atoms. The Balaban J connectivity index is 1.62. The number of aryl methyl sites for hydroxylation is 1. The van der Waals surface area contributed by atoms with Gasteiger partial charge in [0, 0.05) is 25.0 Å². The second kappa shape index (κ2) is 10.6. The monoisotopic (exact) mass is 559 g/mol. The fraction of sp³-hybridized carbons (Fsp3) is 0.304. The predicted octanol–water partition coefficient (Wildman–Crippen LogP) is 0.910. The van der Waals surface area contributed by atoms with Crippen LogP contribution in [-0.2, 0) is 34.2 Å². The van der Waals surface area contributed by atoms with Gasteiger partial charge in [-0.1, -0.05) is 0 Å². The van der Waals surface area contributed by atoms with Gasteiger partial charge < -0.3 is 9.88 Å². The van der Waals surface area contributed by atoms with Crippen molar-refractivity contribution in [3.8, 4) is 11.3 Å². The van der Waals surface area contributed by atoms with Gasteiger partial charge in [-0.05, 0) is 13.8 Å². The van der Waals surface area contributed by atoms with Crippen LogP contribution in [0.1, 0.15) is 32.1 Å². The number of alkyl halides is 3. The van der Waals surface area contributed by atoms with Crippen LogP contribution in [0.2, 0.25) is 0 Å². The summed E-state index contributed by atoms with van der Waals surface area (Å²) >= 11 is 0. The number of carbonyl (C=O) groups excluding carboxylic acids is 3. The van der Waals surface area contributed by atoms with Gasteiger partial charge in [0.2, 0.25) is 11.7 Å². The van der Waals surface area contributed by atoms with Gasteiger partial charge in [0.15, 0.2) is 22.8 Å². The van der Waals surface area contributed by atoms with E-state index >= 15 is 0 Å². The largest absolute Gasteiger partial charge is 0.451 e. The smallest absolute Gasteiger partial charge is 0.312 e. The fourth-order valence-corrected chi connectivity index (χ4v) is 3.76. The van der Waals surface area contributed by atoms with E-state index in [0.717, 1.165) is 17.0 Å². The number of anilines is 1. The van der Waals surface area contributed by atoms with Crippen LogP contribution >= 0.6 is 0 Å². The Labute approximate surface area is 221 Å². The highest BCUT2D eigenvalue weighted by Crippen LogP contribution is 2.26. The first kappa shape index (κ1) is 27.9. The molecule has 1 amide bonds. The van der Waals surface area contributed by atoms with E-state index < -0.39 is 59.7 Å². The summed E-state index contributed by atoms with van der Waals surface area (Å²) in [5.41, 5.74) is -1.67. The van der Waals surface area contributed by atoms with Crippen LogP contribution in [0.15, 0.2) is 40.7 Å². The van der Waals surface area contributed by atoms with Gasteiger partial charge in [-0.2, -0.15) is 13.2 Å². The second-order valence-corrected chi connectivity index (χ2v) is 8.72. The van der Waals surface area contributed by atoms with Crippen molar-refractivity contribution in [1.29, 1.82) is 0 Å². The molecule has 0 aliphatic carbocycles. The van der Waals surface area contributed by atoms with Crippen molar-refractivity contribution in [2.45, 2.75) is 39.0 Å². The maximum absolute atomic E-state index is 13.2. The molecule has 0 bridgehead atoms. The molecule has 1 atom stereocenters. The van der Waals surface area contributed by atoms with E-state index in [1.54, 1.807) is 0 Å². The van der Waals surface area contributed by atoms with Crippen molar-refractivity contribution in [1.82, 2.24) is 38.6 Å². The quantitative estimate of drug-likeness (QED) is 0.305. The van der Waals surface area contributed by atoms with Crippen LogP contribution in [0.4, 0.5) is 19.0 Å². The minimum absolute atomic E-state index is 0.0333. The van der Waals surface area contributed by atoms with Crippen molar-refractivity contribution < 1.29 is 27.6 Å². The summed E-state index contributed by atoms with van der Waals surface area (Å²) in [6.07, 6.45) is 0.286. The molecule has 0 aliphatic heterocycles. The van der Waals surface area contributed by atoms with E-state index in [1.807, 2.05) is 0 Å². The molecule has 208 valence electrons. The molecule has 0 spiro atoms. The maximum Gasteiger partial charge on any atom is 0.451 e. The third-order valence-electron chi connectivity index (χ3n) is 5.72. The van der Waals surface area contributed by atoms with Crippen LogP contribution in [0.3, 0.4) is 0 Å². The molecule has 0 saturated carbocycles. The van der Waals surface area contributed by atoms with Gasteiger partial charge in [0.1, 0.15) is 11.8 Å². The normalized spacial score (nSPS) is 12.3. The lowest BCUT2D eigenvalue weighted by Crippen LogP contribution is -2.42. The van der Waals surface area contributed by atoms with Crippen molar-refractivity contribution in [3.63, 3.8) is 0 Å². The molecule has 0 aliphatic rings. The number of Topliss-reactive ketones (excluding diaryl/α,β-unsaturated/α-hetero) is 2.